The van der Waals surface area contributed by atoms with E-state index in [0.717, 1.165) is 21.9 Å². The lowest BCUT2D eigenvalue weighted by Crippen LogP contribution is -1.91. The molecule has 5 nitrogen and oxygen atoms in total. The Morgan fingerprint density at radius 3 is 2.67 bits per heavy atom. The highest BCUT2D eigenvalue weighted by Gasteiger charge is 2.12. The number of benzene rings is 1. The third-order valence-electron chi connectivity index (χ3n) is 3.19. The molecule has 0 saturated heterocycles. The number of imidazole rings is 1. The number of nitrogens with zero attached hydrogens (tertiary/aromatic N) is 3. The number of hydrogen-bond acceptors (Lipinski definition) is 5. The molecule has 0 saturated carbocycles. The maximum Gasteiger partial charge on any atom is 0.237 e. The Bertz CT molecular complexity index is 786. The van der Waals surface area contributed by atoms with Gasteiger partial charge < -0.3 is 9.47 Å². The number of methoxy groups -OCH3 is 2. The van der Waals surface area contributed by atoms with E-state index in [2.05, 4.69) is 16.0 Å². The molecule has 0 N–H and O–H groups in total. The predicted octanol–water partition coefficient (Wildman–Crippen LogP) is 3.14. The van der Waals surface area contributed by atoms with E-state index in [4.69, 9.17) is 9.47 Å². The normalized spacial score (nSPS) is 10.8. The first-order valence-electron chi connectivity index (χ1n) is 6.37. The zero-order chi connectivity index (χ0) is 14.8. The molecular weight excluding hydrogens is 286 g/mol. The van der Waals surface area contributed by atoms with Gasteiger partial charge in [-0.05, 0) is 24.5 Å². The van der Waals surface area contributed by atoms with Crippen molar-refractivity contribution >= 4 is 17.5 Å². The third kappa shape index (κ3) is 2.54. The minimum atomic E-state index is 0.546. The molecule has 21 heavy (non-hydrogen) atoms. The van der Waals surface area contributed by atoms with Crippen molar-refractivity contribution in [2.75, 3.05) is 20.5 Å². The van der Waals surface area contributed by atoms with Gasteiger partial charge in [-0.2, -0.15) is 4.98 Å². The smallest absolute Gasteiger partial charge is 0.237 e. The van der Waals surface area contributed by atoms with Crippen molar-refractivity contribution in [1.82, 2.24) is 14.4 Å². The van der Waals surface area contributed by atoms with E-state index < -0.39 is 0 Å². The summed E-state index contributed by atoms with van der Waals surface area (Å²) in [5, 5.41) is 0. The van der Waals surface area contributed by atoms with Gasteiger partial charge >= 0.3 is 0 Å². The Kier molecular flexibility index (Phi) is 3.70. The molecule has 0 spiro atoms. The molecule has 0 bridgehead atoms. The topological polar surface area (TPSA) is 48.7 Å². The molecule has 6 heteroatoms. The van der Waals surface area contributed by atoms with E-state index in [1.54, 1.807) is 32.0 Å². The summed E-state index contributed by atoms with van der Waals surface area (Å²) in [6, 6.07) is 7.88. The number of thioether (sulfide) groups is 1. The van der Waals surface area contributed by atoms with Crippen LogP contribution in [0.15, 0.2) is 41.6 Å². The average Bonchev–Trinajstić information content (AvgIpc) is 2.96. The fourth-order valence-corrected chi connectivity index (χ4v) is 2.54. The van der Waals surface area contributed by atoms with Crippen molar-refractivity contribution in [3.05, 3.63) is 36.7 Å². The first-order valence-corrected chi connectivity index (χ1v) is 7.60. The molecule has 0 aliphatic rings. The van der Waals surface area contributed by atoms with E-state index in [1.165, 1.54) is 0 Å². The van der Waals surface area contributed by atoms with E-state index >= 15 is 0 Å². The summed E-state index contributed by atoms with van der Waals surface area (Å²) in [5.74, 6) is 1.95. The predicted molar refractivity (Wildman–Crippen MR) is 83.3 cm³/mol. The minimum absolute atomic E-state index is 0.546. The van der Waals surface area contributed by atoms with Crippen molar-refractivity contribution in [3.8, 4) is 22.9 Å². The van der Waals surface area contributed by atoms with Crippen LogP contribution in [0.2, 0.25) is 0 Å². The molecule has 2 heterocycles. The van der Waals surface area contributed by atoms with Gasteiger partial charge in [-0.15, -0.1) is 11.8 Å². The summed E-state index contributed by atoms with van der Waals surface area (Å²) in [4.78, 5) is 10.0. The average molecular weight is 301 g/mol. The van der Waals surface area contributed by atoms with Gasteiger partial charge in [-0.1, -0.05) is 0 Å². The van der Waals surface area contributed by atoms with Gasteiger partial charge in [0.15, 0.2) is 0 Å². The standard InChI is InChI=1S/C15H15N3O2S/c1-19-13-8-10(21-3)4-5-11(13)12-9-18-7-6-14(20-2)17-15(18)16-12/h4-9H,1-3H3. The summed E-state index contributed by atoms with van der Waals surface area (Å²) < 4.78 is 12.5. The van der Waals surface area contributed by atoms with Crippen molar-refractivity contribution in [2.45, 2.75) is 4.90 Å². The van der Waals surface area contributed by atoms with Crippen molar-refractivity contribution in [3.63, 3.8) is 0 Å². The largest absolute Gasteiger partial charge is 0.496 e. The van der Waals surface area contributed by atoms with Crippen LogP contribution in [0.1, 0.15) is 0 Å². The molecule has 0 unspecified atom stereocenters. The molecular formula is C15H15N3O2S. The van der Waals surface area contributed by atoms with E-state index in [-0.39, 0.29) is 0 Å². The second kappa shape index (κ2) is 5.65. The van der Waals surface area contributed by atoms with Gasteiger partial charge in [0.25, 0.3) is 0 Å². The minimum Gasteiger partial charge on any atom is -0.496 e. The summed E-state index contributed by atoms with van der Waals surface area (Å²) in [7, 11) is 3.26. The first-order chi connectivity index (χ1) is 10.2. The highest BCUT2D eigenvalue weighted by molar-refractivity contribution is 7.98. The van der Waals surface area contributed by atoms with Gasteiger partial charge in [0.2, 0.25) is 11.7 Å². The fourth-order valence-electron chi connectivity index (χ4n) is 2.11. The van der Waals surface area contributed by atoms with E-state index in [9.17, 15) is 0 Å². The first kappa shape index (κ1) is 13.8. The van der Waals surface area contributed by atoms with Crippen molar-refractivity contribution in [1.29, 1.82) is 0 Å². The summed E-state index contributed by atoms with van der Waals surface area (Å²) >= 11 is 1.68. The fraction of sp³-hybridized carbons (Fsp3) is 0.200. The Hall–Kier alpha value is -2.21. The summed E-state index contributed by atoms with van der Waals surface area (Å²) in [6.45, 7) is 0. The van der Waals surface area contributed by atoms with Crippen LogP contribution in [-0.4, -0.2) is 34.8 Å². The molecule has 0 amide bonds. The molecule has 0 atom stereocenters. The molecule has 2 aromatic heterocycles. The van der Waals surface area contributed by atoms with Crippen LogP contribution >= 0.6 is 11.8 Å². The van der Waals surface area contributed by atoms with Gasteiger partial charge in [0, 0.05) is 28.9 Å². The van der Waals surface area contributed by atoms with Crippen LogP contribution in [0.3, 0.4) is 0 Å². The van der Waals surface area contributed by atoms with Crippen LogP contribution in [-0.2, 0) is 0 Å². The monoisotopic (exact) mass is 301 g/mol. The molecule has 3 aromatic rings. The lowest BCUT2D eigenvalue weighted by molar-refractivity contribution is 0.398. The van der Waals surface area contributed by atoms with Gasteiger partial charge in [0.05, 0.1) is 19.9 Å². The van der Waals surface area contributed by atoms with Gasteiger partial charge in [-0.3, -0.25) is 4.40 Å². The highest BCUT2D eigenvalue weighted by atomic mass is 32.2. The third-order valence-corrected chi connectivity index (χ3v) is 3.92. The Morgan fingerprint density at radius 2 is 1.95 bits per heavy atom. The number of fused-ring (bicyclic) bond motifs is 1. The van der Waals surface area contributed by atoms with Crippen molar-refractivity contribution in [2.24, 2.45) is 0 Å². The van der Waals surface area contributed by atoms with Crippen molar-refractivity contribution < 1.29 is 9.47 Å². The zero-order valence-electron chi connectivity index (χ0n) is 12.0. The lowest BCUT2D eigenvalue weighted by atomic mass is 10.1. The molecule has 1 aromatic carbocycles. The lowest BCUT2D eigenvalue weighted by Gasteiger charge is -2.07. The van der Waals surface area contributed by atoms with Gasteiger partial charge in [0.1, 0.15) is 5.75 Å². The van der Waals surface area contributed by atoms with Crippen LogP contribution in [0.25, 0.3) is 17.0 Å². The SMILES string of the molecule is COc1ccn2cc(-c3ccc(SC)cc3OC)nc2n1. The molecule has 0 radical (unpaired) electrons. The molecule has 0 aliphatic heterocycles. The van der Waals surface area contributed by atoms with E-state index in [1.807, 2.05) is 35.2 Å². The maximum atomic E-state index is 5.48. The zero-order valence-corrected chi connectivity index (χ0v) is 12.8. The van der Waals surface area contributed by atoms with Crippen LogP contribution < -0.4 is 9.47 Å². The molecule has 0 aliphatic carbocycles. The second-order valence-corrected chi connectivity index (χ2v) is 5.25. The number of ether oxygens (including phenoxy) is 2. The summed E-state index contributed by atoms with van der Waals surface area (Å²) in [5.41, 5.74) is 1.76. The number of hydrogen-bond donors (Lipinski definition) is 0. The Morgan fingerprint density at radius 1 is 1.10 bits per heavy atom. The highest BCUT2D eigenvalue weighted by Crippen LogP contribution is 2.32. The molecule has 0 fully saturated rings. The Labute approximate surface area is 126 Å². The second-order valence-electron chi connectivity index (χ2n) is 4.37. The van der Waals surface area contributed by atoms with Crippen LogP contribution in [0, 0.1) is 0 Å². The number of rotatable bonds is 4. The quantitative estimate of drug-likeness (QED) is 0.693. The van der Waals surface area contributed by atoms with Gasteiger partial charge in [-0.25, -0.2) is 4.98 Å². The summed E-state index contributed by atoms with van der Waals surface area (Å²) in [6.07, 6.45) is 5.84. The van der Waals surface area contributed by atoms with E-state index in [0.29, 0.717) is 11.7 Å². The molecule has 3 rings (SSSR count). The molecule has 108 valence electrons. The maximum absolute atomic E-state index is 5.48. The number of aromatic nitrogens is 3. The van der Waals surface area contributed by atoms with Crippen LogP contribution in [0.5, 0.6) is 11.6 Å². The Balaban J connectivity index is 2.11. The van der Waals surface area contributed by atoms with Crippen LogP contribution in [0.4, 0.5) is 0 Å².